The van der Waals surface area contributed by atoms with Crippen LogP contribution in [0.25, 0.3) is 22.5 Å². The van der Waals surface area contributed by atoms with E-state index in [0.29, 0.717) is 39.1 Å². The van der Waals surface area contributed by atoms with Crippen LogP contribution < -0.4 is 10.2 Å². The topological polar surface area (TPSA) is 111 Å². The summed E-state index contributed by atoms with van der Waals surface area (Å²) in [6.07, 6.45) is 3.24. The molecule has 37 heavy (non-hydrogen) atoms. The molecule has 1 saturated heterocycles. The number of benzene rings is 2. The zero-order chi connectivity index (χ0) is 25.5. The highest BCUT2D eigenvalue weighted by Crippen LogP contribution is 2.28. The average Bonchev–Trinajstić information content (AvgIpc) is 3.61. The second-order valence-electron chi connectivity index (χ2n) is 8.78. The molecule has 1 aliphatic heterocycles. The smallest absolute Gasteiger partial charge is 0.230 e. The Morgan fingerprint density at radius 3 is 2.59 bits per heavy atom. The zero-order valence-corrected chi connectivity index (χ0v) is 20.5. The van der Waals surface area contributed by atoms with Gasteiger partial charge in [0.1, 0.15) is 12.1 Å². The zero-order valence-electron chi connectivity index (χ0n) is 19.7. The minimum Gasteiger partial charge on any atom is -0.312 e. The van der Waals surface area contributed by atoms with Crippen LogP contribution in [0.4, 0.5) is 11.5 Å². The number of aromatic nitrogens is 6. The average molecular weight is 513 g/mol. The van der Waals surface area contributed by atoms with Gasteiger partial charge in [-0.05, 0) is 43.3 Å². The predicted molar refractivity (Wildman–Crippen MR) is 139 cm³/mol. The summed E-state index contributed by atoms with van der Waals surface area (Å²) in [5, 5.41) is 13.3. The molecule has 184 valence electrons. The van der Waals surface area contributed by atoms with Gasteiger partial charge in [-0.15, -0.1) is 0 Å². The summed E-state index contributed by atoms with van der Waals surface area (Å²) in [6.45, 7) is 2.11. The molecular weight excluding hydrogens is 492 g/mol. The van der Waals surface area contributed by atoms with Gasteiger partial charge in [-0.3, -0.25) is 9.59 Å². The molecule has 1 atom stereocenters. The second kappa shape index (κ2) is 9.14. The van der Waals surface area contributed by atoms with Gasteiger partial charge in [-0.1, -0.05) is 29.8 Å². The molecule has 0 aliphatic carbocycles. The fourth-order valence-corrected chi connectivity index (χ4v) is 4.62. The Labute approximate surface area is 216 Å². The van der Waals surface area contributed by atoms with Crippen molar-refractivity contribution in [2.45, 2.75) is 13.3 Å². The van der Waals surface area contributed by atoms with Crippen molar-refractivity contribution in [1.29, 1.82) is 0 Å². The molecule has 1 aliphatic rings. The maximum atomic E-state index is 13.2. The van der Waals surface area contributed by atoms with Crippen molar-refractivity contribution >= 4 is 46.0 Å². The number of para-hydroxylation sites is 1. The van der Waals surface area contributed by atoms with E-state index in [2.05, 4.69) is 25.5 Å². The normalized spacial score (nSPS) is 15.5. The van der Waals surface area contributed by atoms with Crippen molar-refractivity contribution < 1.29 is 9.59 Å². The van der Waals surface area contributed by atoms with Gasteiger partial charge in [0, 0.05) is 29.7 Å². The van der Waals surface area contributed by atoms with Crippen LogP contribution >= 0.6 is 11.6 Å². The fourth-order valence-electron chi connectivity index (χ4n) is 4.49. The summed E-state index contributed by atoms with van der Waals surface area (Å²) in [7, 11) is 0. The maximum absolute atomic E-state index is 13.2. The van der Waals surface area contributed by atoms with Crippen molar-refractivity contribution in [3.05, 3.63) is 83.9 Å². The first kappa shape index (κ1) is 22.9. The number of carbonyl (C=O) groups is 2. The van der Waals surface area contributed by atoms with Gasteiger partial charge < -0.3 is 10.2 Å². The summed E-state index contributed by atoms with van der Waals surface area (Å²) in [5.41, 5.74) is 2.89. The molecular formula is C26H21ClN8O2. The third-order valence-electron chi connectivity index (χ3n) is 6.26. The molecule has 0 spiro atoms. The first-order chi connectivity index (χ1) is 18.0. The predicted octanol–water partition coefficient (Wildman–Crippen LogP) is 3.95. The molecule has 4 heterocycles. The number of nitrogens with zero attached hydrogens (tertiary/aromatic N) is 7. The highest BCUT2D eigenvalue weighted by Gasteiger charge is 2.35. The van der Waals surface area contributed by atoms with Crippen molar-refractivity contribution in [2.75, 3.05) is 16.8 Å². The SMILES string of the molecule is Cc1cc(NC(=O)C2CC(=O)N(c3ccc(Cl)cc3)C2)n(-c2ncnc3c2cnn3-c2ccccc2)n1. The Bertz CT molecular complexity index is 1630. The molecule has 0 bridgehead atoms. The molecule has 0 saturated carbocycles. The summed E-state index contributed by atoms with van der Waals surface area (Å²) < 4.78 is 3.30. The number of aryl methyl sites for hydroxylation is 1. The number of nitrogens with one attached hydrogen (secondary N) is 1. The number of rotatable bonds is 5. The van der Waals surface area contributed by atoms with Gasteiger partial charge in [-0.2, -0.15) is 14.9 Å². The number of halogens is 1. The van der Waals surface area contributed by atoms with Gasteiger partial charge >= 0.3 is 0 Å². The number of fused-ring (bicyclic) bond motifs is 1. The fraction of sp³-hybridized carbons (Fsp3) is 0.154. The number of hydrogen-bond acceptors (Lipinski definition) is 6. The third kappa shape index (κ3) is 4.21. The van der Waals surface area contributed by atoms with Gasteiger partial charge in [0.25, 0.3) is 0 Å². The van der Waals surface area contributed by atoms with E-state index in [1.165, 1.54) is 6.33 Å². The van der Waals surface area contributed by atoms with Crippen LogP contribution in [-0.4, -0.2) is 47.9 Å². The van der Waals surface area contributed by atoms with E-state index in [-0.39, 0.29) is 24.8 Å². The van der Waals surface area contributed by atoms with Gasteiger partial charge in [0.05, 0.1) is 28.9 Å². The minimum absolute atomic E-state index is 0.113. The van der Waals surface area contributed by atoms with Crippen LogP contribution in [0.3, 0.4) is 0 Å². The number of hydrogen-bond donors (Lipinski definition) is 1. The highest BCUT2D eigenvalue weighted by molar-refractivity contribution is 6.30. The molecule has 1 fully saturated rings. The standard InChI is InChI=1S/C26H21ClN8O2/c1-16-11-22(31-26(37)17-12-23(36)33(14-17)19-9-7-18(27)8-10-19)35(32-16)25-21-13-30-34(24(21)28-15-29-25)20-5-3-2-4-6-20/h2-11,13,15,17H,12,14H2,1H3,(H,31,37). The van der Waals surface area contributed by atoms with Crippen LogP contribution in [-0.2, 0) is 9.59 Å². The van der Waals surface area contributed by atoms with Crippen LogP contribution in [0.15, 0.2) is 73.2 Å². The largest absolute Gasteiger partial charge is 0.312 e. The molecule has 6 rings (SSSR count). The van der Waals surface area contributed by atoms with E-state index >= 15 is 0 Å². The first-order valence-corrected chi connectivity index (χ1v) is 12.0. The van der Waals surface area contributed by atoms with E-state index < -0.39 is 5.92 Å². The lowest BCUT2D eigenvalue weighted by atomic mass is 10.1. The van der Waals surface area contributed by atoms with Gasteiger partial charge in [0.15, 0.2) is 11.5 Å². The number of carbonyl (C=O) groups excluding carboxylic acids is 2. The summed E-state index contributed by atoms with van der Waals surface area (Å²) in [6, 6.07) is 18.4. The first-order valence-electron chi connectivity index (χ1n) is 11.7. The Morgan fingerprint density at radius 2 is 1.81 bits per heavy atom. The highest BCUT2D eigenvalue weighted by atomic mass is 35.5. The maximum Gasteiger partial charge on any atom is 0.230 e. The van der Waals surface area contributed by atoms with Crippen molar-refractivity contribution in [3.8, 4) is 11.5 Å². The minimum atomic E-state index is -0.516. The molecule has 0 radical (unpaired) electrons. The lowest BCUT2D eigenvalue weighted by Crippen LogP contribution is -2.28. The number of anilines is 2. The summed E-state index contributed by atoms with van der Waals surface area (Å²) >= 11 is 5.97. The Hall–Kier alpha value is -4.57. The van der Waals surface area contributed by atoms with Crippen molar-refractivity contribution in [3.63, 3.8) is 0 Å². The Balaban J connectivity index is 1.28. The van der Waals surface area contributed by atoms with E-state index in [1.54, 1.807) is 50.8 Å². The molecule has 3 aromatic heterocycles. The molecule has 11 heteroatoms. The molecule has 10 nitrogen and oxygen atoms in total. The van der Waals surface area contributed by atoms with Crippen molar-refractivity contribution in [1.82, 2.24) is 29.5 Å². The Morgan fingerprint density at radius 1 is 1.03 bits per heavy atom. The molecule has 5 aromatic rings. The lowest BCUT2D eigenvalue weighted by molar-refractivity contribution is -0.122. The molecule has 1 unspecified atom stereocenters. The van der Waals surface area contributed by atoms with E-state index in [1.807, 2.05) is 37.3 Å². The van der Waals surface area contributed by atoms with Gasteiger partial charge in [0.2, 0.25) is 11.8 Å². The monoisotopic (exact) mass is 512 g/mol. The molecule has 1 N–H and O–H groups in total. The molecule has 2 amide bonds. The Kier molecular flexibility index (Phi) is 5.65. The van der Waals surface area contributed by atoms with E-state index in [0.717, 1.165) is 5.69 Å². The number of amides is 2. The van der Waals surface area contributed by atoms with Crippen LogP contribution in [0, 0.1) is 12.8 Å². The van der Waals surface area contributed by atoms with Crippen LogP contribution in [0.5, 0.6) is 0 Å². The summed E-state index contributed by atoms with van der Waals surface area (Å²) in [4.78, 5) is 36.4. The van der Waals surface area contributed by atoms with Crippen LogP contribution in [0.2, 0.25) is 5.02 Å². The van der Waals surface area contributed by atoms with E-state index in [4.69, 9.17) is 11.6 Å². The van der Waals surface area contributed by atoms with Crippen molar-refractivity contribution in [2.24, 2.45) is 5.92 Å². The third-order valence-corrected chi connectivity index (χ3v) is 6.52. The van der Waals surface area contributed by atoms with Crippen LogP contribution in [0.1, 0.15) is 12.1 Å². The lowest BCUT2D eigenvalue weighted by Gasteiger charge is -2.17. The summed E-state index contributed by atoms with van der Waals surface area (Å²) in [5.74, 6) is 0.0422. The van der Waals surface area contributed by atoms with Gasteiger partial charge in [-0.25, -0.2) is 14.6 Å². The second-order valence-corrected chi connectivity index (χ2v) is 9.22. The quantitative estimate of drug-likeness (QED) is 0.381. The molecule has 2 aromatic carbocycles. The van der Waals surface area contributed by atoms with E-state index in [9.17, 15) is 9.59 Å².